The van der Waals surface area contributed by atoms with E-state index in [1.54, 1.807) is 18.2 Å². The highest BCUT2D eigenvalue weighted by Crippen LogP contribution is 2.37. The lowest BCUT2D eigenvalue weighted by Gasteiger charge is -1.97. The molecule has 4 nitrogen and oxygen atoms in total. The average Bonchev–Trinajstić information content (AvgIpc) is 2.57. The van der Waals surface area contributed by atoms with Crippen molar-refractivity contribution >= 4 is 21.8 Å². The molecule has 3 rings (SSSR count). The number of hydrogen-bond acceptors (Lipinski definition) is 3. The summed E-state index contributed by atoms with van der Waals surface area (Å²) in [5.41, 5.74) is 1.15. The van der Waals surface area contributed by atoms with Crippen LogP contribution in [0, 0.1) is 0 Å². The van der Waals surface area contributed by atoms with Crippen molar-refractivity contribution in [3.63, 3.8) is 0 Å². The van der Waals surface area contributed by atoms with Crippen LogP contribution >= 0.6 is 0 Å². The Balaban J connectivity index is 2.61. The highest BCUT2D eigenvalue weighted by atomic mass is 16.3. The van der Waals surface area contributed by atoms with E-state index in [2.05, 4.69) is 4.98 Å². The molecule has 0 atom stereocenters. The molecule has 0 saturated carbocycles. The Kier molecular flexibility index (Phi) is 1.57. The molecule has 0 aliphatic heterocycles. The molecular weight excluding hydrogens is 206 g/mol. The minimum absolute atomic E-state index is 0.00755. The number of aromatic nitrogens is 1. The van der Waals surface area contributed by atoms with E-state index < -0.39 is 0 Å². The van der Waals surface area contributed by atoms with Gasteiger partial charge in [0.1, 0.15) is 17.2 Å². The first-order chi connectivity index (χ1) is 7.66. The lowest BCUT2D eigenvalue weighted by atomic mass is 10.1. The highest BCUT2D eigenvalue weighted by Gasteiger charge is 2.11. The molecule has 0 saturated heterocycles. The second kappa shape index (κ2) is 2.82. The number of aromatic amines is 1. The first-order valence-corrected chi connectivity index (χ1v) is 4.82. The summed E-state index contributed by atoms with van der Waals surface area (Å²) in [4.78, 5) is 2.96. The third kappa shape index (κ3) is 1.04. The summed E-state index contributed by atoms with van der Waals surface area (Å²) in [6.45, 7) is 0. The third-order valence-corrected chi connectivity index (χ3v) is 2.67. The minimum atomic E-state index is -0.0176. The maximum Gasteiger partial charge on any atom is 0.139 e. The molecule has 0 aliphatic rings. The van der Waals surface area contributed by atoms with Crippen molar-refractivity contribution < 1.29 is 15.3 Å². The lowest BCUT2D eigenvalue weighted by Crippen LogP contribution is -1.70. The Bertz CT molecular complexity index is 700. The van der Waals surface area contributed by atoms with E-state index in [1.165, 1.54) is 12.1 Å². The molecule has 2 aromatic carbocycles. The molecule has 0 aliphatic carbocycles. The van der Waals surface area contributed by atoms with Gasteiger partial charge in [-0.2, -0.15) is 0 Å². The maximum absolute atomic E-state index is 9.77. The Morgan fingerprint density at radius 2 is 1.75 bits per heavy atom. The summed E-state index contributed by atoms with van der Waals surface area (Å²) in [7, 11) is 0. The predicted octanol–water partition coefficient (Wildman–Crippen LogP) is 2.44. The molecule has 1 aromatic heterocycles. The first kappa shape index (κ1) is 8.91. The number of H-pyrrole nitrogens is 1. The SMILES string of the molecule is Oc1cc(O)c2c(c1)[nH]c1c(O)cccc12. The van der Waals surface area contributed by atoms with Gasteiger partial charge in [-0.05, 0) is 6.07 Å². The number of rotatable bonds is 0. The summed E-state index contributed by atoms with van der Waals surface area (Å²) >= 11 is 0. The standard InChI is InChI=1S/C12H9NO3/c14-6-4-8-11(10(16)5-6)7-2-1-3-9(15)12(7)13-8/h1-5,13-16H. The minimum Gasteiger partial charge on any atom is -0.508 e. The van der Waals surface area contributed by atoms with E-state index in [1.807, 2.05) is 0 Å². The number of para-hydroxylation sites is 1. The number of nitrogens with one attached hydrogen (secondary N) is 1. The normalized spacial score (nSPS) is 11.2. The van der Waals surface area contributed by atoms with Crippen molar-refractivity contribution in [2.75, 3.05) is 0 Å². The van der Waals surface area contributed by atoms with Gasteiger partial charge in [-0.1, -0.05) is 12.1 Å². The van der Waals surface area contributed by atoms with Gasteiger partial charge in [0.15, 0.2) is 0 Å². The zero-order valence-electron chi connectivity index (χ0n) is 8.23. The second-order valence-electron chi connectivity index (χ2n) is 3.71. The van der Waals surface area contributed by atoms with Gasteiger partial charge in [0.2, 0.25) is 0 Å². The van der Waals surface area contributed by atoms with Gasteiger partial charge < -0.3 is 20.3 Å². The van der Waals surface area contributed by atoms with E-state index in [0.29, 0.717) is 16.4 Å². The number of phenols is 3. The predicted molar refractivity (Wildman–Crippen MR) is 60.8 cm³/mol. The van der Waals surface area contributed by atoms with E-state index in [-0.39, 0.29) is 17.2 Å². The Morgan fingerprint density at radius 1 is 0.938 bits per heavy atom. The zero-order valence-corrected chi connectivity index (χ0v) is 8.23. The van der Waals surface area contributed by atoms with Gasteiger partial charge in [0.05, 0.1) is 11.0 Å². The van der Waals surface area contributed by atoms with Gasteiger partial charge in [0.25, 0.3) is 0 Å². The molecule has 4 heteroatoms. The molecule has 3 aromatic rings. The van der Waals surface area contributed by atoms with Crippen LogP contribution < -0.4 is 0 Å². The molecule has 0 bridgehead atoms. The molecule has 1 heterocycles. The average molecular weight is 215 g/mol. The van der Waals surface area contributed by atoms with Gasteiger partial charge in [-0.3, -0.25) is 0 Å². The smallest absolute Gasteiger partial charge is 0.139 e. The summed E-state index contributed by atoms with van der Waals surface area (Å²) in [6, 6.07) is 7.85. The Labute approximate surface area is 90.4 Å². The van der Waals surface area contributed by atoms with Gasteiger partial charge >= 0.3 is 0 Å². The van der Waals surface area contributed by atoms with Crippen LogP contribution in [0.15, 0.2) is 30.3 Å². The summed E-state index contributed by atoms with van der Waals surface area (Å²) in [6.07, 6.45) is 0. The van der Waals surface area contributed by atoms with Crippen LogP contribution in [0.4, 0.5) is 0 Å². The van der Waals surface area contributed by atoms with Crippen molar-refractivity contribution in [1.29, 1.82) is 0 Å². The van der Waals surface area contributed by atoms with E-state index in [0.717, 1.165) is 5.39 Å². The summed E-state index contributed by atoms with van der Waals surface area (Å²) in [5, 5.41) is 30.1. The van der Waals surface area contributed by atoms with Crippen LogP contribution in [0.2, 0.25) is 0 Å². The quantitative estimate of drug-likeness (QED) is 0.465. The van der Waals surface area contributed by atoms with Crippen molar-refractivity contribution in [3.05, 3.63) is 30.3 Å². The van der Waals surface area contributed by atoms with Crippen LogP contribution in [0.3, 0.4) is 0 Å². The fraction of sp³-hybridized carbons (Fsp3) is 0. The van der Waals surface area contributed by atoms with Crippen LogP contribution in [-0.4, -0.2) is 20.3 Å². The number of benzene rings is 2. The molecule has 0 radical (unpaired) electrons. The number of aromatic hydroxyl groups is 3. The lowest BCUT2D eigenvalue weighted by molar-refractivity contribution is 0.455. The molecule has 0 amide bonds. The van der Waals surface area contributed by atoms with Gasteiger partial charge in [-0.15, -0.1) is 0 Å². The molecule has 0 unspecified atom stereocenters. The van der Waals surface area contributed by atoms with E-state index >= 15 is 0 Å². The van der Waals surface area contributed by atoms with E-state index in [4.69, 9.17) is 0 Å². The molecule has 0 fully saturated rings. The Morgan fingerprint density at radius 3 is 2.56 bits per heavy atom. The number of phenolic OH excluding ortho intramolecular Hbond substituents is 3. The van der Waals surface area contributed by atoms with Crippen molar-refractivity contribution in [1.82, 2.24) is 4.98 Å². The van der Waals surface area contributed by atoms with E-state index in [9.17, 15) is 15.3 Å². The number of hydrogen-bond donors (Lipinski definition) is 4. The van der Waals surface area contributed by atoms with Gasteiger partial charge in [0, 0.05) is 22.9 Å². The zero-order chi connectivity index (χ0) is 11.3. The van der Waals surface area contributed by atoms with Crippen LogP contribution in [0.1, 0.15) is 0 Å². The topological polar surface area (TPSA) is 76.5 Å². The first-order valence-electron chi connectivity index (χ1n) is 4.82. The highest BCUT2D eigenvalue weighted by molar-refractivity contribution is 6.12. The maximum atomic E-state index is 9.77. The second-order valence-corrected chi connectivity index (χ2v) is 3.71. The van der Waals surface area contributed by atoms with Crippen LogP contribution in [0.5, 0.6) is 17.2 Å². The fourth-order valence-corrected chi connectivity index (χ4v) is 2.01. The Hall–Kier alpha value is -2.36. The van der Waals surface area contributed by atoms with Crippen molar-refractivity contribution in [3.8, 4) is 17.2 Å². The molecule has 80 valence electrons. The number of fused-ring (bicyclic) bond motifs is 3. The van der Waals surface area contributed by atoms with Gasteiger partial charge in [-0.25, -0.2) is 0 Å². The third-order valence-electron chi connectivity index (χ3n) is 2.67. The summed E-state index contributed by atoms with van der Waals surface area (Å²) < 4.78 is 0. The summed E-state index contributed by atoms with van der Waals surface area (Å²) in [5.74, 6) is 0.0930. The largest absolute Gasteiger partial charge is 0.508 e. The molecule has 16 heavy (non-hydrogen) atoms. The van der Waals surface area contributed by atoms with Crippen molar-refractivity contribution in [2.24, 2.45) is 0 Å². The van der Waals surface area contributed by atoms with Crippen LogP contribution in [0.25, 0.3) is 21.8 Å². The molecule has 4 N–H and O–H groups in total. The van der Waals surface area contributed by atoms with Crippen molar-refractivity contribution in [2.45, 2.75) is 0 Å². The monoisotopic (exact) mass is 215 g/mol. The van der Waals surface area contributed by atoms with Crippen LogP contribution in [-0.2, 0) is 0 Å². The fourth-order valence-electron chi connectivity index (χ4n) is 2.01. The molecule has 0 spiro atoms. The molecular formula is C12H9NO3.